The van der Waals surface area contributed by atoms with Crippen molar-refractivity contribution in [2.75, 3.05) is 6.54 Å². The van der Waals surface area contributed by atoms with Crippen LogP contribution in [0, 0.1) is 0 Å². The van der Waals surface area contributed by atoms with Crippen LogP contribution in [-0.2, 0) is 16.0 Å². The summed E-state index contributed by atoms with van der Waals surface area (Å²) in [5.41, 5.74) is 3.83. The van der Waals surface area contributed by atoms with Gasteiger partial charge in [0, 0.05) is 12.1 Å². The van der Waals surface area contributed by atoms with Gasteiger partial charge in [-0.2, -0.15) is 0 Å². The van der Waals surface area contributed by atoms with E-state index in [4.69, 9.17) is 0 Å². The summed E-state index contributed by atoms with van der Waals surface area (Å²) in [6.45, 7) is 1.98. The van der Waals surface area contributed by atoms with Crippen LogP contribution in [0.5, 0.6) is 0 Å². The molecular formula is C21H21N3O4. The number of hydrogen-bond acceptors (Lipinski definition) is 4. The lowest BCUT2D eigenvalue weighted by atomic mass is 10.0. The minimum absolute atomic E-state index is 0.0416. The van der Waals surface area contributed by atoms with Crippen molar-refractivity contribution >= 4 is 23.6 Å². The molecule has 0 radical (unpaired) electrons. The monoisotopic (exact) mass is 379 g/mol. The highest BCUT2D eigenvalue weighted by molar-refractivity contribution is 6.05. The number of carbonyl (C=O) groups excluding carboxylic acids is 4. The van der Waals surface area contributed by atoms with Crippen LogP contribution in [0.2, 0.25) is 0 Å². The fourth-order valence-electron chi connectivity index (χ4n) is 2.97. The predicted molar refractivity (Wildman–Crippen MR) is 104 cm³/mol. The highest BCUT2D eigenvalue weighted by atomic mass is 16.2. The van der Waals surface area contributed by atoms with Crippen LogP contribution < -0.4 is 16.0 Å². The van der Waals surface area contributed by atoms with Crippen molar-refractivity contribution in [1.29, 1.82) is 0 Å². The van der Waals surface area contributed by atoms with Gasteiger partial charge in [0.2, 0.25) is 5.91 Å². The number of rotatable bonds is 7. The zero-order valence-corrected chi connectivity index (χ0v) is 15.5. The van der Waals surface area contributed by atoms with Crippen LogP contribution in [0.1, 0.15) is 29.3 Å². The quantitative estimate of drug-likeness (QED) is 0.504. The van der Waals surface area contributed by atoms with E-state index < -0.39 is 18.0 Å². The highest BCUT2D eigenvalue weighted by Crippen LogP contribution is 2.20. The molecule has 0 bridgehead atoms. The van der Waals surface area contributed by atoms with Crippen molar-refractivity contribution in [2.24, 2.45) is 0 Å². The minimum atomic E-state index is -0.804. The van der Waals surface area contributed by atoms with Gasteiger partial charge >= 0.3 is 6.03 Å². The zero-order chi connectivity index (χ0) is 20.1. The Labute approximate surface area is 162 Å². The molecule has 0 spiro atoms. The summed E-state index contributed by atoms with van der Waals surface area (Å²) in [6.07, 6.45) is 0.575. The first-order valence-corrected chi connectivity index (χ1v) is 9.01. The Balaban J connectivity index is 1.48. The van der Waals surface area contributed by atoms with E-state index in [1.165, 1.54) is 0 Å². The van der Waals surface area contributed by atoms with E-state index in [0.29, 0.717) is 18.5 Å². The molecule has 1 fully saturated rings. The lowest BCUT2D eigenvalue weighted by Gasteiger charge is -2.09. The molecule has 0 saturated carbocycles. The Morgan fingerprint density at radius 1 is 0.964 bits per heavy atom. The number of imide groups is 1. The number of carbonyl (C=O) groups is 4. The number of nitrogens with one attached hydrogen (secondary N) is 3. The van der Waals surface area contributed by atoms with Crippen molar-refractivity contribution in [3.8, 4) is 11.1 Å². The Morgan fingerprint density at radius 3 is 2.11 bits per heavy atom. The Bertz CT molecular complexity index is 904. The highest BCUT2D eigenvalue weighted by Gasteiger charge is 2.30. The van der Waals surface area contributed by atoms with Gasteiger partial charge in [0.25, 0.3) is 5.91 Å². The molecule has 7 heteroatoms. The van der Waals surface area contributed by atoms with Gasteiger partial charge in [-0.05, 0) is 30.0 Å². The zero-order valence-electron chi connectivity index (χ0n) is 15.5. The standard InChI is InChI=1S/C21H21N3O4/c1-13(25)15-6-8-17(9-7-15)16-4-2-14(3-5-16)10-11-22-19(26)12-18-20(27)24-21(28)23-18/h2-9,18H,10-12H2,1H3,(H,22,26)(H2,23,24,27,28). The Hall–Kier alpha value is -3.48. The van der Waals surface area contributed by atoms with Gasteiger partial charge in [-0.3, -0.25) is 19.7 Å². The van der Waals surface area contributed by atoms with Gasteiger partial charge in [-0.1, -0.05) is 48.5 Å². The van der Waals surface area contributed by atoms with E-state index in [2.05, 4.69) is 16.0 Å². The van der Waals surface area contributed by atoms with E-state index in [9.17, 15) is 19.2 Å². The third-order valence-corrected chi connectivity index (χ3v) is 4.56. The molecule has 1 unspecified atom stereocenters. The van der Waals surface area contributed by atoms with Crippen LogP contribution in [0.3, 0.4) is 0 Å². The Kier molecular flexibility index (Phi) is 5.84. The van der Waals surface area contributed by atoms with Gasteiger partial charge in [-0.25, -0.2) is 4.79 Å². The summed E-state index contributed by atoms with van der Waals surface area (Å²) in [7, 11) is 0. The summed E-state index contributed by atoms with van der Waals surface area (Å²) in [4.78, 5) is 45.7. The summed E-state index contributed by atoms with van der Waals surface area (Å²) in [5.74, 6) is -0.725. The molecule has 1 heterocycles. The molecule has 28 heavy (non-hydrogen) atoms. The smallest absolute Gasteiger partial charge is 0.322 e. The van der Waals surface area contributed by atoms with Gasteiger partial charge in [-0.15, -0.1) is 0 Å². The molecule has 7 nitrogen and oxygen atoms in total. The summed E-state index contributed by atoms with van der Waals surface area (Å²) < 4.78 is 0. The second-order valence-electron chi connectivity index (χ2n) is 6.65. The van der Waals surface area contributed by atoms with Crippen LogP contribution >= 0.6 is 0 Å². The van der Waals surface area contributed by atoms with E-state index in [0.717, 1.165) is 16.7 Å². The third-order valence-electron chi connectivity index (χ3n) is 4.56. The van der Waals surface area contributed by atoms with Crippen molar-refractivity contribution in [1.82, 2.24) is 16.0 Å². The average molecular weight is 379 g/mol. The molecule has 144 valence electrons. The molecule has 3 rings (SSSR count). The molecule has 0 aliphatic carbocycles. The van der Waals surface area contributed by atoms with Crippen LogP contribution in [0.15, 0.2) is 48.5 Å². The first-order chi connectivity index (χ1) is 13.4. The number of urea groups is 1. The van der Waals surface area contributed by atoms with Crippen LogP contribution in [0.25, 0.3) is 11.1 Å². The van der Waals surface area contributed by atoms with Gasteiger partial charge in [0.1, 0.15) is 6.04 Å². The van der Waals surface area contributed by atoms with Gasteiger partial charge < -0.3 is 10.6 Å². The number of amides is 4. The van der Waals surface area contributed by atoms with Crippen molar-refractivity contribution < 1.29 is 19.2 Å². The largest absolute Gasteiger partial charge is 0.356 e. The molecule has 3 N–H and O–H groups in total. The lowest BCUT2D eigenvalue weighted by molar-refractivity contribution is -0.126. The fourth-order valence-corrected chi connectivity index (χ4v) is 2.97. The van der Waals surface area contributed by atoms with E-state index in [-0.39, 0.29) is 18.1 Å². The third kappa shape index (κ3) is 4.82. The van der Waals surface area contributed by atoms with Crippen molar-refractivity contribution in [3.05, 3.63) is 59.7 Å². The average Bonchev–Trinajstić information content (AvgIpc) is 2.99. The molecule has 1 atom stereocenters. The van der Waals surface area contributed by atoms with Gasteiger partial charge in [0.05, 0.1) is 6.42 Å². The van der Waals surface area contributed by atoms with Crippen molar-refractivity contribution in [2.45, 2.75) is 25.8 Å². The lowest BCUT2D eigenvalue weighted by Crippen LogP contribution is -2.36. The Morgan fingerprint density at radius 2 is 1.57 bits per heavy atom. The number of Topliss-reactive ketones (excluding diaryl/α,β-unsaturated/α-hetero) is 1. The van der Waals surface area contributed by atoms with Crippen LogP contribution in [0.4, 0.5) is 4.79 Å². The summed E-state index contributed by atoms with van der Waals surface area (Å²) >= 11 is 0. The normalized spacial score (nSPS) is 15.7. The summed E-state index contributed by atoms with van der Waals surface area (Å²) in [6, 6.07) is 14.1. The SMILES string of the molecule is CC(=O)c1ccc(-c2ccc(CCNC(=O)CC3NC(=O)NC3=O)cc2)cc1. The van der Waals surface area contributed by atoms with Crippen LogP contribution in [-0.4, -0.2) is 36.2 Å². The first kappa shape index (κ1) is 19.3. The second-order valence-corrected chi connectivity index (χ2v) is 6.65. The molecule has 0 aromatic heterocycles. The molecule has 1 aliphatic rings. The number of benzene rings is 2. The topological polar surface area (TPSA) is 104 Å². The maximum Gasteiger partial charge on any atom is 0.322 e. The molecule has 1 aliphatic heterocycles. The number of hydrogen-bond donors (Lipinski definition) is 3. The number of ketones is 1. The summed E-state index contributed by atoms with van der Waals surface area (Å²) in [5, 5.41) is 7.25. The maximum absolute atomic E-state index is 11.9. The molecule has 2 aromatic rings. The maximum atomic E-state index is 11.9. The van der Waals surface area contributed by atoms with E-state index in [1.54, 1.807) is 6.92 Å². The van der Waals surface area contributed by atoms with E-state index in [1.807, 2.05) is 48.5 Å². The molecule has 1 saturated heterocycles. The molecule has 2 aromatic carbocycles. The van der Waals surface area contributed by atoms with Crippen molar-refractivity contribution in [3.63, 3.8) is 0 Å². The second kappa shape index (κ2) is 8.47. The molecule has 4 amide bonds. The minimum Gasteiger partial charge on any atom is -0.356 e. The molecular weight excluding hydrogens is 358 g/mol. The van der Waals surface area contributed by atoms with Gasteiger partial charge in [0.15, 0.2) is 5.78 Å². The van der Waals surface area contributed by atoms with E-state index >= 15 is 0 Å². The predicted octanol–water partition coefficient (Wildman–Crippen LogP) is 1.81. The first-order valence-electron chi connectivity index (χ1n) is 9.01. The fraction of sp³-hybridized carbons (Fsp3) is 0.238.